The van der Waals surface area contributed by atoms with Gasteiger partial charge in [-0.3, -0.25) is 5.10 Å². The third kappa shape index (κ3) is 4.26. The number of aryl methyl sites for hydroxylation is 1. The van der Waals surface area contributed by atoms with Crippen LogP contribution in [0.25, 0.3) is 10.9 Å². The number of piperidine rings is 1. The summed E-state index contributed by atoms with van der Waals surface area (Å²) >= 11 is 0. The molecule has 0 spiro atoms. The highest BCUT2D eigenvalue weighted by Crippen LogP contribution is 2.38. The van der Waals surface area contributed by atoms with E-state index in [-0.39, 0.29) is 17.3 Å². The first-order valence-electron chi connectivity index (χ1n) is 10.5. The Morgan fingerprint density at radius 1 is 1.20 bits per heavy atom. The lowest BCUT2D eigenvalue weighted by atomic mass is 9.73. The van der Waals surface area contributed by atoms with Gasteiger partial charge in [0.1, 0.15) is 11.9 Å². The number of aromatic amines is 1. The Morgan fingerprint density at radius 2 is 1.93 bits per heavy atom. The molecule has 1 aromatic heterocycles. The fourth-order valence-electron chi connectivity index (χ4n) is 4.50. The van der Waals surface area contributed by atoms with Gasteiger partial charge in [-0.15, -0.1) is 0 Å². The first-order valence-corrected chi connectivity index (χ1v) is 10.5. The number of H-pyrrole nitrogens is 1. The van der Waals surface area contributed by atoms with Crippen molar-refractivity contribution in [2.24, 2.45) is 0 Å². The van der Waals surface area contributed by atoms with Gasteiger partial charge in [0.2, 0.25) is 0 Å². The minimum atomic E-state index is -0.213. The molecule has 6 heteroatoms. The lowest BCUT2D eigenvalue weighted by molar-refractivity contribution is -0.0362. The van der Waals surface area contributed by atoms with E-state index < -0.39 is 0 Å². The van der Waals surface area contributed by atoms with Crippen LogP contribution < -0.4 is 0 Å². The molecule has 0 radical (unpaired) electrons. The van der Waals surface area contributed by atoms with Crippen molar-refractivity contribution in [2.45, 2.75) is 31.3 Å². The number of benzene rings is 2. The molecule has 1 saturated heterocycles. The van der Waals surface area contributed by atoms with E-state index in [0.29, 0.717) is 13.2 Å². The van der Waals surface area contributed by atoms with Crippen molar-refractivity contribution < 1.29 is 13.9 Å². The summed E-state index contributed by atoms with van der Waals surface area (Å²) in [4.78, 5) is 2.34. The van der Waals surface area contributed by atoms with E-state index in [1.54, 1.807) is 19.2 Å². The van der Waals surface area contributed by atoms with E-state index in [2.05, 4.69) is 41.2 Å². The maximum atomic E-state index is 13.6. The van der Waals surface area contributed by atoms with E-state index >= 15 is 0 Å². The van der Waals surface area contributed by atoms with Crippen LogP contribution in [0.15, 0.2) is 42.6 Å². The standard InChI is InChI=1S/C24H30FN3O2/c1-17-12-18-14-26-27-23(18)21(13-17)22(15-29-3)30-16-24(8-10-28(2)11-9-24)19-4-6-20(25)7-5-19/h4-7,12-14,22H,8-11,15-16H2,1-3H3,(H,26,27). The first kappa shape index (κ1) is 21.0. The fraction of sp³-hybridized carbons (Fsp3) is 0.458. The van der Waals surface area contributed by atoms with E-state index in [4.69, 9.17) is 9.47 Å². The summed E-state index contributed by atoms with van der Waals surface area (Å²) < 4.78 is 25.7. The van der Waals surface area contributed by atoms with Crippen molar-refractivity contribution in [1.29, 1.82) is 0 Å². The lowest BCUT2D eigenvalue weighted by Gasteiger charge is -2.41. The molecule has 3 aromatic rings. The second kappa shape index (κ2) is 8.84. The molecule has 2 aromatic carbocycles. The zero-order chi connectivity index (χ0) is 21.1. The molecule has 1 aliphatic heterocycles. The van der Waals surface area contributed by atoms with Gasteiger partial charge in [0.05, 0.1) is 24.9 Å². The average Bonchev–Trinajstić information content (AvgIpc) is 3.21. The fourth-order valence-corrected chi connectivity index (χ4v) is 4.50. The number of fused-ring (bicyclic) bond motifs is 1. The first-order chi connectivity index (χ1) is 14.5. The van der Waals surface area contributed by atoms with Crippen molar-refractivity contribution in [2.75, 3.05) is 40.5 Å². The van der Waals surface area contributed by atoms with Gasteiger partial charge in [0, 0.05) is 23.5 Å². The number of hydrogen-bond donors (Lipinski definition) is 1. The van der Waals surface area contributed by atoms with Crippen LogP contribution in [-0.2, 0) is 14.9 Å². The van der Waals surface area contributed by atoms with Crippen LogP contribution in [0.1, 0.15) is 35.6 Å². The molecule has 1 unspecified atom stereocenters. The van der Waals surface area contributed by atoms with E-state index in [9.17, 15) is 4.39 Å². The largest absolute Gasteiger partial charge is 0.382 e. The summed E-state index contributed by atoms with van der Waals surface area (Å²) in [6.45, 7) is 5.08. The number of methoxy groups -OCH3 is 1. The van der Waals surface area contributed by atoms with Crippen LogP contribution in [0.5, 0.6) is 0 Å². The van der Waals surface area contributed by atoms with Gasteiger partial charge in [-0.1, -0.05) is 18.2 Å². The molecular weight excluding hydrogens is 381 g/mol. The smallest absolute Gasteiger partial charge is 0.123 e. The molecule has 1 N–H and O–H groups in total. The Balaban J connectivity index is 1.63. The van der Waals surface area contributed by atoms with Gasteiger partial charge in [-0.25, -0.2) is 4.39 Å². The van der Waals surface area contributed by atoms with Crippen LogP contribution >= 0.6 is 0 Å². The van der Waals surface area contributed by atoms with Crippen molar-refractivity contribution in [1.82, 2.24) is 15.1 Å². The summed E-state index contributed by atoms with van der Waals surface area (Å²) in [7, 11) is 3.84. The predicted octanol–water partition coefficient (Wildman–Crippen LogP) is 4.38. The number of likely N-dealkylation sites (tertiary alicyclic amines) is 1. The Labute approximate surface area is 177 Å². The third-order valence-corrected chi connectivity index (χ3v) is 6.35. The number of halogens is 1. The quantitative estimate of drug-likeness (QED) is 0.627. The van der Waals surface area contributed by atoms with Gasteiger partial charge >= 0.3 is 0 Å². The summed E-state index contributed by atoms with van der Waals surface area (Å²) in [5.74, 6) is -0.207. The van der Waals surface area contributed by atoms with Gasteiger partial charge < -0.3 is 14.4 Å². The SMILES string of the molecule is COCC(OCC1(c2ccc(F)cc2)CCN(C)CC1)c1cc(C)cc2cn[nH]c12. The van der Waals surface area contributed by atoms with Crippen LogP contribution in [0.4, 0.5) is 4.39 Å². The van der Waals surface area contributed by atoms with E-state index in [1.165, 1.54) is 0 Å². The minimum absolute atomic E-state index is 0.136. The zero-order valence-electron chi connectivity index (χ0n) is 18.0. The highest BCUT2D eigenvalue weighted by atomic mass is 19.1. The minimum Gasteiger partial charge on any atom is -0.382 e. The van der Waals surface area contributed by atoms with Crippen molar-refractivity contribution in [3.05, 3.63) is 65.1 Å². The molecule has 1 fully saturated rings. The number of nitrogens with one attached hydrogen (secondary N) is 1. The lowest BCUT2D eigenvalue weighted by Crippen LogP contribution is -2.44. The molecule has 4 rings (SSSR count). The molecule has 1 atom stereocenters. The predicted molar refractivity (Wildman–Crippen MR) is 116 cm³/mol. The Morgan fingerprint density at radius 3 is 2.63 bits per heavy atom. The topological polar surface area (TPSA) is 50.4 Å². The molecule has 0 aliphatic carbocycles. The van der Waals surface area contributed by atoms with Crippen LogP contribution in [0, 0.1) is 12.7 Å². The highest BCUT2D eigenvalue weighted by Gasteiger charge is 2.37. The summed E-state index contributed by atoms with van der Waals surface area (Å²) in [6, 6.07) is 11.2. The number of aromatic nitrogens is 2. The van der Waals surface area contributed by atoms with Crippen LogP contribution in [-0.4, -0.2) is 55.6 Å². The van der Waals surface area contributed by atoms with E-state index in [1.807, 2.05) is 18.3 Å². The van der Waals surface area contributed by atoms with Crippen molar-refractivity contribution >= 4 is 10.9 Å². The average molecular weight is 412 g/mol. The van der Waals surface area contributed by atoms with E-state index in [0.717, 1.165) is 53.5 Å². The number of ether oxygens (including phenoxy) is 2. The normalized spacial score (nSPS) is 18.0. The Bertz CT molecular complexity index is 978. The third-order valence-electron chi connectivity index (χ3n) is 6.35. The monoisotopic (exact) mass is 411 g/mol. The number of nitrogens with zero attached hydrogens (tertiary/aromatic N) is 2. The van der Waals surface area contributed by atoms with Gasteiger partial charge in [-0.2, -0.15) is 5.10 Å². The maximum absolute atomic E-state index is 13.6. The molecule has 1 aliphatic rings. The molecule has 0 amide bonds. The van der Waals surface area contributed by atoms with Gasteiger partial charge in [0.25, 0.3) is 0 Å². The van der Waals surface area contributed by atoms with Crippen molar-refractivity contribution in [3.8, 4) is 0 Å². The second-order valence-electron chi connectivity index (χ2n) is 8.53. The van der Waals surface area contributed by atoms with Crippen LogP contribution in [0.3, 0.4) is 0 Å². The summed E-state index contributed by atoms with van der Waals surface area (Å²) in [5.41, 5.74) is 4.22. The second-order valence-corrected chi connectivity index (χ2v) is 8.53. The van der Waals surface area contributed by atoms with Gasteiger partial charge in [-0.05, 0) is 69.2 Å². The molecule has 5 nitrogen and oxygen atoms in total. The molecule has 30 heavy (non-hydrogen) atoms. The van der Waals surface area contributed by atoms with Crippen LogP contribution in [0.2, 0.25) is 0 Å². The highest BCUT2D eigenvalue weighted by molar-refractivity contribution is 5.82. The molecule has 2 heterocycles. The number of rotatable bonds is 7. The summed E-state index contributed by atoms with van der Waals surface area (Å²) in [6.07, 6.45) is 3.58. The van der Waals surface area contributed by atoms with Crippen molar-refractivity contribution in [3.63, 3.8) is 0 Å². The number of hydrogen-bond acceptors (Lipinski definition) is 4. The summed E-state index contributed by atoms with van der Waals surface area (Å²) in [5, 5.41) is 8.39. The molecule has 0 bridgehead atoms. The Hall–Kier alpha value is -2.28. The zero-order valence-corrected chi connectivity index (χ0v) is 18.0. The molecule has 160 valence electrons. The maximum Gasteiger partial charge on any atom is 0.123 e. The molecule has 0 saturated carbocycles. The molecular formula is C24H30FN3O2. The Kier molecular flexibility index (Phi) is 6.18. The van der Waals surface area contributed by atoms with Gasteiger partial charge in [0.15, 0.2) is 0 Å².